The first-order valence-electron chi connectivity index (χ1n) is 7.71. The molecule has 1 saturated carbocycles. The largest absolute Gasteiger partial charge is 0.481 e. The zero-order chi connectivity index (χ0) is 17.6. The van der Waals surface area contributed by atoms with Crippen molar-refractivity contribution in [2.45, 2.75) is 24.7 Å². The lowest BCUT2D eigenvalue weighted by molar-refractivity contribution is -0.140. The van der Waals surface area contributed by atoms with Gasteiger partial charge in [-0.05, 0) is 24.0 Å². The summed E-state index contributed by atoms with van der Waals surface area (Å²) in [6.07, 6.45) is 6.80. The number of carbonyl (C=O) groups is 1. The lowest BCUT2D eigenvalue weighted by atomic mass is 9.95. The molecule has 0 spiro atoms. The summed E-state index contributed by atoms with van der Waals surface area (Å²) in [4.78, 5) is 19.6. The van der Waals surface area contributed by atoms with Crippen molar-refractivity contribution in [3.05, 3.63) is 60.1 Å². The molecule has 0 saturated heterocycles. The molecule has 0 radical (unpaired) electrons. The van der Waals surface area contributed by atoms with Crippen LogP contribution in [0.3, 0.4) is 0 Å². The zero-order valence-electron chi connectivity index (χ0n) is 13.7. The van der Waals surface area contributed by atoms with Crippen LogP contribution in [0, 0.1) is 0 Å². The minimum atomic E-state index is -0.740. The lowest BCUT2D eigenvalue weighted by Crippen LogP contribution is -2.19. The molecule has 0 unspecified atom stereocenters. The maximum absolute atomic E-state index is 11.3. The molecule has 1 aliphatic rings. The van der Waals surface area contributed by atoms with E-state index in [1.54, 1.807) is 19.3 Å². The van der Waals surface area contributed by atoms with Crippen molar-refractivity contribution in [2.75, 3.05) is 7.05 Å². The van der Waals surface area contributed by atoms with E-state index in [0.717, 1.165) is 11.1 Å². The van der Waals surface area contributed by atoms with Crippen LogP contribution in [-0.2, 0) is 16.6 Å². The Kier molecular flexibility index (Phi) is 5.52. The van der Waals surface area contributed by atoms with Gasteiger partial charge < -0.3 is 16.2 Å². The summed E-state index contributed by atoms with van der Waals surface area (Å²) in [6.45, 7) is 3.55. The highest BCUT2D eigenvalue weighted by atomic mass is 16.4. The summed E-state index contributed by atoms with van der Waals surface area (Å²) in [6, 6.07) is 7.66. The van der Waals surface area contributed by atoms with Gasteiger partial charge in [-0.1, -0.05) is 30.8 Å². The summed E-state index contributed by atoms with van der Waals surface area (Å²) >= 11 is 0. The number of nitrogens with two attached hydrogens (primary N) is 1. The van der Waals surface area contributed by atoms with Gasteiger partial charge in [0.05, 0.1) is 11.2 Å². The third-order valence-corrected chi connectivity index (χ3v) is 4.01. The number of carboxylic acid groups (broad SMARTS) is 1. The molecule has 0 heterocycles. The predicted octanol–water partition coefficient (Wildman–Crippen LogP) is 1.98. The number of hydrogen-bond donors (Lipinski definition) is 3. The van der Waals surface area contributed by atoms with Crippen LogP contribution in [0.25, 0.3) is 0 Å². The van der Waals surface area contributed by atoms with Gasteiger partial charge in [0.15, 0.2) is 5.84 Å². The molecule has 6 nitrogen and oxygen atoms in total. The van der Waals surface area contributed by atoms with Gasteiger partial charge in [-0.2, -0.15) is 0 Å². The molecule has 1 aliphatic carbocycles. The smallest absolute Gasteiger partial charge is 0.314 e. The Hall–Kier alpha value is -2.89. The maximum Gasteiger partial charge on any atom is 0.314 e. The van der Waals surface area contributed by atoms with E-state index in [1.807, 2.05) is 24.3 Å². The Morgan fingerprint density at radius 2 is 2.08 bits per heavy atom. The van der Waals surface area contributed by atoms with Gasteiger partial charge in [0.1, 0.15) is 0 Å². The topological polar surface area (TPSA) is 100 Å². The van der Waals surface area contributed by atoms with Crippen LogP contribution in [0.1, 0.15) is 24.0 Å². The minimum absolute atomic E-state index is 0.455. The van der Waals surface area contributed by atoms with Gasteiger partial charge in [-0.3, -0.25) is 4.79 Å². The molecule has 0 amide bonds. The monoisotopic (exact) mass is 326 g/mol. The van der Waals surface area contributed by atoms with E-state index in [9.17, 15) is 9.90 Å². The summed E-state index contributed by atoms with van der Waals surface area (Å²) < 4.78 is 0. The summed E-state index contributed by atoms with van der Waals surface area (Å²) in [7, 11) is 1.71. The standard InChI is InChI=1S/C18H22N4O2/c1-3-21-16(12-15(19)20-2)22-11-8-13-4-6-14(7-5-13)18(9-10-18)17(23)24/h3-7,11-12,20H,1,8-10,19H2,2H3,(H,23,24)/b15-12+,21-16-,22-11-. The first kappa shape index (κ1) is 17.5. The second kappa shape index (κ2) is 7.59. The van der Waals surface area contributed by atoms with Gasteiger partial charge in [-0.25, -0.2) is 9.98 Å². The number of nitrogens with zero attached hydrogens (tertiary/aromatic N) is 2. The van der Waals surface area contributed by atoms with Crippen LogP contribution in [0.4, 0.5) is 0 Å². The third kappa shape index (κ3) is 4.10. The highest BCUT2D eigenvalue weighted by Crippen LogP contribution is 2.48. The van der Waals surface area contributed by atoms with Crippen LogP contribution < -0.4 is 11.1 Å². The average Bonchev–Trinajstić information content (AvgIpc) is 3.37. The number of rotatable bonds is 7. The van der Waals surface area contributed by atoms with E-state index in [0.29, 0.717) is 30.9 Å². The molecule has 0 atom stereocenters. The Morgan fingerprint density at radius 1 is 1.42 bits per heavy atom. The van der Waals surface area contributed by atoms with Gasteiger partial charge in [0.25, 0.3) is 0 Å². The average molecular weight is 326 g/mol. The molecule has 2 rings (SSSR count). The van der Waals surface area contributed by atoms with E-state index in [2.05, 4.69) is 21.9 Å². The summed E-state index contributed by atoms with van der Waals surface area (Å²) in [5, 5.41) is 12.1. The van der Waals surface area contributed by atoms with Crippen molar-refractivity contribution >= 4 is 18.0 Å². The van der Waals surface area contributed by atoms with Crippen LogP contribution in [0.15, 0.2) is 58.9 Å². The first-order chi connectivity index (χ1) is 11.5. The fourth-order valence-corrected chi connectivity index (χ4v) is 2.37. The van der Waals surface area contributed by atoms with Crippen molar-refractivity contribution in [3.8, 4) is 0 Å². The number of hydrogen-bond acceptors (Lipinski definition) is 4. The Morgan fingerprint density at radius 3 is 2.58 bits per heavy atom. The molecule has 1 aromatic carbocycles. The molecule has 0 aliphatic heterocycles. The molecule has 126 valence electrons. The number of nitrogens with one attached hydrogen (secondary N) is 1. The molecule has 0 bridgehead atoms. The van der Waals surface area contributed by atoms with Crippen molar-refractivity contribution in [3.63, 3.8) is 0 Å². The number of benzene rings is 1. The molecule has 1 fully saturated rings. The molecule has 24 heavy (non-hydrogen) atoms. The van der Waals surface area contributed by atoms with Gasteiger partial charge in [0.2, 0.25) is 0 Å². The second-order valence-electron chi connectivity index (χ2n) is 5.62. The Labute approximate surface area is 141 Å². The van der Waals surface area contributed by atoms with Gasteiger partial charge in [0, 0.05) is 32.0 Å². The summed E-state index contributed by atoms with van der Waals surface area (Å²) in [5.41, 5.74) is 6.94. The van der Waals surface area contributed by atoms with Crippen molar-refractivity contribution < 1.29 is 9.90 Å². The van der Waals surface area contributed by atoms with E-state index in [-0.39, 0.29) is 0 Å². The van der Waals surface area contributed by atoms with Crippen LogP contribution in [0.5, 0.6) is 0 Å². The third-order valence-electron chi connectivity index (χ3n) is 4.01. The molecule has 0 aromatic heterocycles. The summed E-state index contributed by atoms with van der Waals surface area (Å²) in [5.74, 6) is 0.174. The molecule has 6 heteroatoms. The number of aliphatic imine (C=N–C) groups is 2. The van der Waals surface area contributed by atoms with Crippen LogP contribution >= 0.6 is 0 Å². The van der Waals surface area contributed by atoms with E-state index in [4.69, 9.17) is 5.73 Å². The quantitative estimate of drug-likeness (QED) is 0.527. The maximum atomic E-state index is 11.3. The van der Waals surface area contributed by atoms with Gasteiger partial charge in [-0.15, -0.1) is 0 Å². The Balaban J connectivity index is 2.02. The second-order valence-corrected chi connectivity index (χ2v) is 5.62. The fraction of sp³-hybridized carbons (Fsp3) is 0.278. The van der Waals surface area contributed by atoms with Crippen LogP contribution in [0.2, 0.25) is 0 Å². The highest BCUT2D eigenvalue weighted by Gasteiger charge is 2.51. The normalized spacial score (nSPS) is 16.9. The molecular formula is C18H22N4O2. The van der Waals surface area contributed by atoms with Crippen molar-refractivity contribution in [1.82, 2.24) is 5.32 Å². The molecule has 1 aromatic rings. The number of aliphatic carboxylic acids is 1. The molecule has 4 N–H and O–H groups in total. The first-order valence-corrected chi connectivity index (χ1v) is 7.71. The Bertz CT molecular complexity index is 698. The number of carboxylic acids is 1. The molecular weight excluding hydrogens is 304 g/mol. The number of amidine groups is 1. The van der Waals surface area contributed by atoms with Gasteiger partial charge >= 0.3 is 5.97 Å². The van der Waals surface area contributed by atoms with E-state index in [1.165, 1.54) is 6.20 Å². The van der Waals surface area contributed by atoms with Crippen molar-refractivity contribution in [1.29, 1.82) is 0 Å². The lowest BCUT2D eigenvalue weighted by Gasteiger charge is -2.10. The van der Waals surface area contributed by atoms with Crippen molar-refractivity contribution in [2.24, 2.45) is 15.7 Å². The highest BCUT2D eigenvalue weighted by molar-refractivity contribution is 5.99. The van der Waals surface area contributed by atoms with E-state index < -0.39 is 11.4 Å². The van der Waals surface area contributed by atoms with E-state index >= 15 is 0 Å². The van der Waals surface area contributed by atoms with Crippen LogP contribution in [-0.4, -0.2) is 30.2 Å². The fourth-order valence-electron chi connectivity index (χ4n) is 2.37. The minimum Gasteiger partial charge on any atom is -0.481 e. The SMILES string of the molecule is C=C/N=C(/C=C(\N)NC)\N=C/Cc1ccc(C2(C(=O)O)CC2)cc1. The predicted molar refractivity (Wildman–Crippen MR) is 96.1 cm³/mol. The zero-order valence-corrected chi connectivity index (χ0v) is 13.7.